The molecule has 5 heteroatoms. The number of piperidine rings is 1. The number of nitrogens with two attached hydrogens (primary N) is 1. The topological polar surface area (TPSA) is 70.8 Å². The van der Waals surface area contributed by atoms with Crippen molar-refractivity contribution in [3.05, 3.63) is 5.82 Å². The zero-order chi connectivity index (χ0) is 12.3. The molecule has 0 aliphatic carbocycles. The number of nitrogens with one attached hydrogen (secondary N) is 1. The largest absolute Gasteiger partial charge is 0.340 e. The molecular formula is C12H23N5. The summed E-state index contributed by atoms with van der Waals surface area (Å²) in [5.74, 6) is 1.85. The summed E-state index contributed by atoms with van der Waals surface area (Å²) in [5, 5.41) is 7.30. The molecule has 96 valence electrons. The molecule has 0 radical (unpaired) electrons. The molecular weight excluding hydrogens is 214 g/mol. The first-order valence-corrected chi connectivity index (χ1v) is 6.53. The summed E-state index contributed by atoms with van der Waals surface area (Å²) in [6.45, 7) is 7.21. The van der Waals surface area contributed by atoms with Crippen molar-refractivity contribution in [3.63, 3.8) is 0 Å². The van der Waals surface area contributed by atoms with Gasteiger partial charge in [-0.2, -0.15) is 4.98 Å². The highest BCUT2D eigenvalue weighted by Crippen LogP contribution is 2.30. The zero-order valence-corrected chi connectivity index (χ0v) is 10.9. The smallest absolute Gasteiger partial charge is 0.244 e. The van der Waals surface area contributed by atoms with E-state index < -0.39 is 0 Å². The lowest BCUT2D eigenvalue weighted by Crippen LogP contribution is -2.42. The highest BCUT2D eigenvalue weighted by atomic mass is 15.4. The van der Waals surface area contributed by atoms with Crippen LogP contribution < -0.4 is 10.6 Å². The van der Waals surface area contributed by atoms with Gasteiger partial charge in [-0.25, -0.2) is 0 Å². The van der Waals surface area contributed by atoms with Gasteiger partial charge in [-0.1, -0.05) is 13.8 Å². The zero-order valence-electron chi connectivity index (χ0n) is 10.9. The van der Waals surface area contributed by atoms with E-state index in [1.54, 1.807) is 0 Å². The third-order valence-electron chi connectivity index (χ3n) is 3.75. The fourth-order valence-electron chi connectivity index (χ4n) is 2.23. The van der Waals surface area contributed by atoms with Crippen LogP contribution in [0.15, 0.2) is 0 Å². The van der Waals surface area contributed by atoms with Crippen LogP contribution >= 0.6 is 0 Å². The third kappa shape index (κ3) is 2.77. The molecule has 3 N–H and O–H groups in total. The molecule has 1 aromatic heterocycles. The number of hydrogen-bond donors (Lipinski definition) is 2. The minimum atomic E-state index is 0.305. The van der Waals surface area contributed by atoms with Gasteiger partial charge in [-0.05, 0) is 31.2 Å². The molecule has 1 aromatic rings. The van der Waals surface area contributed by atoms with Crippen LogP contribution in [0.4, 0.5) is 5.95 Å². The van der Waals surface area contributed by atoms with Crippen LogP contribution in [0.1, 0.15) is 38.9 Å². The fraction of sp³-hybridized carbons (Fsp3) is 0.833. The normalized spacial score (nSPS) is 19.6. The van der Waals surface area contributed by atoms with Crippen molar-refractivity contribution in [2.24, 2.45) is 11.1 Å². The van der Waals surface area contributed by atoms with Crippen molar-refractivity contribution >= 4 is 5.95 Å². The van der Waals surface area contributed by atoms with E-state index in [1.165, 1.54) is 0 Å². The molecule has 1 aliphatic heterocycles. The summed E-state index contributed by atoms with van der Waals surface area (Å²) >= 11 is 0. The maximum absolute atomic E-state index is 5.81. The molecule has 1 fully saturated rings. The number of hydrogen-bond acceptors (Lipinski definition) is 4. The van der Waals surface area contributed by atoms with Crippen molar-refractivity contribution in [2.75, 3.05) is 24.5 Å². The molecule has 17 heavy (non-hydrogen) atoms. The van der Waals surface area contributed by atoms with Crippen LogP contribution in [0.3, 0.4) is 0 Å². The molecule has 0 unspecified atom stereocenters. The molecule has 1 saturated heterocycles. The van der Waals surface area contributed by atoms with Gasteiger partial charge < -0.3 is 10.6 Å². The first-order valence-electron chi connectivity index (χ1n) is 6.53. The lowest BCUT2D eigenvalue weighted by molar-refractivity contribution is 0.257. The van der Waals surface area contributed by atoms with Crippen molar-refractivity contribution in [2.45, 2.75) is 39.5 Å². The van der Waals surface area contributed by atoms with Crippen molar-refractivity contribution in [3.8, 4) is 0 Å². The van der Waals surface area contributed by atoms with Gasteiger partial charge >= 0.3 is 0 Å². The summed E-state index contributed by atoms with van der Waals surface area (Å²) in [6, 6.07) is 0. The maximum Gasteiger partial charge on any atom is 0.244 e. The Morgan fingerprint density at radius 3 is 2.71 bits per heavy atom. The van der Waals surface area contributed by atoms with Crippen molar-refractivity contribution in [1.82, 2.24) is 15.2 Å². The van der Waals surface area contributed by atoms with Crippen LogP contribution in [0.2, 0.25) is 0 Å². The lowest BCUT2D eigenvalue weighted by atomic mass is 9.81. The maximum atomic E-state index is 5.81. The van der Waals surface area contributed by atoms with Gasteiger partial charge in [-0.3, -0.25) is 5.10 Å². The Balaban J connectivity index is 1.95. The standard InChI is InChI=1S/C12H23N5/c1-3-4-10-14-11(16-15-10)17-7-5-12(2,9-13)6-8-17/h3-9,13H2,1-2H3,(H,14,15,16). The van der Waals surface area contributed by atoms with Crippen molar-refractivity contribution < 1.29 is 0 Å². The summed E-state index contributed by atoms with van der Waals surface area (Å²) in [6.07, 6.45) is 4.32. The Morgan fingerprint density at radius 2 is 2.12 bits per heavy atom. The second-order valence-electron chi connectivity index (χ2n) is 5.33. The van der Waals surface area contributed by atoms with E-state index in [9.17, 15) is 0 Å². The first kappa shape index (κ1) is 12.4. The van der Waals surface area contributed by atoms with Gasteiger partial charge in [0.1, 0.15) is 5.82 Å². The number of aromatic nitrogens is 3. The van der Waals surface area contributed by atoms with E-state index in [4.69, 9.17) is 5.73 Å². The van der Waals surface area contributed by atoms with E-state index in [-0.39, 0.29) is 0 Å². The molecule has 0 bridgehead atoms. The molecule has 0 aromatic carbocycles. The Hall–Kier alpha value is -1.10. The summed E-state index contributed by atoms with van der Waals surface area (Å²) in [7, 11) is 0. The van der Waals surface area contributed by atoms with Crippen LogP contribution in [-0.4, -0.2) is 34.8 Å². The molecule has 5 nitrogen and oxygen atoms in total. The van der Waals surface area contributed by atoms with Gasteiger partial charge in [0.05, 0.1) is 0 Å². The van der Waals surface area contributed by atoms with E-state index in [1.807, 2.05) is 0 Å². The number of aromatic amines is 1. The lowest BCUT2D eigenvalue weighted by Gasteiger charge is -2.38. The van der Waals surface area contributed by atoms with Gasteiger partial charge in [0.2, 0.25) is 5.95 Å². The SMILES string of the molecule is CCCc1nc(N2CCC(C)(CN)CC2)n[nH]1. The molecule has 2 heterocycles. The fourth-order valence-corrected chi connectivity index (χ4v) is 2.23. The number of nitrogens with zero attached hydrogens (tertiary/aromatic N) is 3. The molecule has 0 saturated carbocycles. The summed E-state index contributed by atoms with van der Waals surface area (Å²) in [4.78, 5) is 6.78. The Bertz CT molecular complexity index is 352. The molecule has 2 rings (SSSR count). The average Bonchev–Trinajstić information content (AvgIpc) is 2.79. The van der Waals surface area contributed by atoms with E-state index in [0.717, 1.165) is 57.1 Å². The highest BCUT2D eigenvalue weighted by molar-refractivity contribution is 5.29. The molecule has 1 aliphatic rings. The van der Waals surface area contributed by atoms with E-state index >= 15 is 0 Å². The minimum absolute atomic E-state index is 0.305. The van der Waals surface area contributed by atoms with E-state index in [2.05, 4.69) is 33.9 Å². The Morgan fingerprint density at radius 1 is 1.41 bits per heavy atom. The van der Waals surface area contributed by atoms with Crippen molar-refractivity contribution in [1.29, 1.82) is 0 Å². The second-order valence-corrected chi connectivity index (χ2v) is 5.33. The quantitative estimate of drug-likeness (QED) is 0.828. The molecule has 0 spiro atoms. The Labute approximate surface area is 103 Å². The predicted octanol–water partition coefficient (Wildman–Crippen LogP) is 1.32. The highest BCUT2D eigenvalue weighted by Gasteiger charge is 2.29. The predicted molar refractivity (Wildman–Crippen MR) is 69.0 cm³/mol. The van der Waals surface area contributed by atoms with Crippen LogP contribution in [0.5, 0.6) is 0 Å². The van der Waals surface area contributed by atoms with Gasteiger partial charge in [0.25, 0.3) is 0 Å². The molecule has 0 atom stereocenters. The first-order chi connectivity index (χ1) is 8.17. The van der Waals surface area contributed by atoms with Crippen LogP contribution in [-0.2, 0) is 6.42 Å². The second kappa shape index (κ2) is 5.04. The van der Waals surface area contributed by atoms with Gasteiger partial charge in [-0.15, -0.1) is 5.10 Å². The number of aryl methyl sites for hydroxylation is 1. The van der Waals surface area contributed by atoms with E-state index in [0.29, 0.717) is 5.41 Å². The van der Waals surface area contributed by atoms with Gasteiger partial charge in [0.15, 0.2) is 0 Å². The molecule has 0 amide bonds. The van der Waals surface area contributed by atoms with Gasteiger partial charge in [0, 0.05) is 19.5 Å². The number of anilines is 1. The third-order valence-corrected chi connectivity index (χ3v) is 3.75. The van der Waals surface area contributed by atoms with Crippen LogP contribution in [0.25, 0.3) is 0 Å². The monoisotopic (exact) mass is 237 g/mol. The Kier molecular flexibility index (Phi) is 3.66. The summed E-state index contributed by atoms with van der Waals surface area (Å²) < 4.78 is 0. The average molecular weight is 237 g/mol. The van der Waals surface area contributed by atoms with Crippen LogP contribution in [0, 0.1) is 5.41 Å². The minimum Gasteiger partial charge on any atom is -0.340 e. The summed E-state index contributed by atoms with van der Waals surface area (Å²) in [5.41, 5.74) is 6.11. The number of rotatable bonds is 4. The number of H-pyrrole nitrogens is 1.